The third kappa shape index (κ3) is 2.57. The molecule has 5 heteroatoms. The van der Waals surface area contributed by atoms with Crippen molar-refractivity contribution >= 4 is 17.5 Å². The molecular formula is C23H25N3O2. The molecule has 2 N–H and O–H groups in total. The minimum Gasteiger partial charge on any atom is -0.341 e. The number of amides is 2. The zero-order chi connectivity index (χ0) is 19.2. The van der Waals surface area contributed by atoms with Crippen LogP contribution in [0.2, 0.25) is 0 Å². The van der Waals surface area contributed by atoms with Crippen molar-refractivity contribution in [1.29, 1.82) is 0 Å². The predicted molar refractivity (Wildman–Crippen MR) is 108 cm³/mol. The SMILES string of the molecule is O=C(N1CCCC2(C1)C(=O)Nc1ccccc12)C1(Cc2ccccc2)CNC1. The molecule has 3 aliphatic heterocycles. The molecule has 2 fully saturated rings. The molecular weight excluding hydrogens is 350 g/mol. The van der Waals surface area contributed by atoms with E-state index in [0.29, 0.717) is 19.6 Å². The molecule has 0 radical (unpaired) electrons. The second kappa shape index (κ2) is 6.45. The van der Waals surface area contributed by atoms with Crippen molar-refractivity contribution in [2.75, 3.05) is 31.5 Å². The van der Waals surface area contributed by atoms with Crippen molar-refractivity contribution in [2.45, 2.75) is 24.7 Å². The number of hydrogen-bond acceptors (Lipinski definition) is 3. The maximum absolute atomic E-state index is 13.6. The molecule has 1 atom stereocenters. The maximum atomic E-state index is 13.6. The Bertz CT molecular complexity index is 922. The van der Waals surface area contributed by atoms with E-state index in [1.54, 1.807) is 0 Å². The normalized spacial score (nSPS) is 25.1. The molecule has 1 unspecified atom stereocenters. The first-order chi connectivity index (χ1) is 13.6. The van der Waals surface area contributed by atoms with Crippen LogP contribution in [-0.2, 0) is 21.4 Å². The van der Waals surface area contributed by atoms with Crippen LogP contribution in [0.25, 0.3) is 0 Å². The van der Waals surface area contributed by atoms with Crippen LogP contribution in [-0.4, -0.2) is 42.9 Å². The van der Waals surface area contributed by atoms with Gasteiger partial charge < -0.3 is 15.5 Å². The van der Waals surface area contributed by atoms with Gasteiger partial charge in [-0.3, -0.25) is 9.59 Å². The summed E-state index contributed by atoms with van der Waals surface area (Å²) in [4.78, 5) is 28.5. The molecule has 0 aliphatic carbocycles. The number of carbonyl (C=O) groups is 2. The molecule has 2 aromatic carbocycles. The lowest BCUT2D eigenvalue weighted by Gasteiger charge is -2.47. The molecule has 0 bridgehead atoms. The molecule has 3 aliphatic rings. The Kier molecular flexibility index (Phi) is 4.02. The van der Waals surface area contributed by atoms with Crippen LogP contribution < -0.4 is 10.6 Å². The van der Waals surface area contributed by atoms with Crippen molar-refractivity contribution < 1.29 is 9.59 Å². The summed E-state index contributed by atoms with van der Waals surface area (Å²) in [6.45, 7) is 2.61. The second-order valence-corrected chi connectivity index (χ2v) is 8.46. The van der Waals surface area contributed by atoms with Crippen molar-refractivity contribution in [3.8, 4) is 0 Å². The van der Waals surface area contributed by atoms with Crippen LogP contribution in [0.3, 0.4) is 0 Å². The second-order valence-electron chi connectivity index (χ2n) is 8.46. The van der Waals surface area contributed by atoms with Crippen LogP contribution in [0, 0.1) is 5.41 Å². The maximum Gasteiger partial charge on any atom is 0.236 e. The number of nitrogens with one attached hydrogen (secondary N) is 2. The summed E-state index contributed by atoms with van der Waals surface area (Å²) in [6.07, 6.45) is 2.39. The number of hydrogen-bond donors (Lipinski definition) is 2. The molecule has 0 aromatic heterocycles. The van der Waals surface area contributed by atoms with Gasteiger partial charge in [0.05, 0.1) is 10.8 Å². The van der Waals surface area contributed by atoms with Gasteiger partial charge in [-0.1, -0.05) is 48.5 Å². The number of nitrogens with zero attached hydrogens (tertiary/aromatic N) is 1. The van der Waals surface area contributed by atoms with Gasteiger partial charge in [0.2, 0.25) is 11.8 Å². The lowest BCUT2D eigenvalue weighted by molar-refractivity contribution is -0.148. The lowest BCUT2D eigenvalue weighted by Crippen LogP contribution is -2.65. The fraction of sp³-hybridized carbons (Fsp3) is 0.391. The monoisotopic (exact) mass is 375 g/mol. The number of anilines is 1. The summed E-state index contributed by atoms with van der Waals surface area (Å²) in [5.41, 5.74) is 2.13. The van der Waals surface area contributed by atoms with Gasteiger partial charge in [0, 0.05) is 31.9 Å². The zero-order valence-electron chi connectivity index (χ0n) is 15.9. The molecule has 5 nitrogen and oxygen atoms in total. The van der Waals surface area contributed by atoms with E-state index in [4.69, 9.17) is 0 Å². The Morgan fingerprint density at radius 3 is 2.54 bits per heavy atom. The van der Waals surface area contributed by atoms with Gasteiger partial charge in [0.1, 0.15) is 0 Å². The Morgan fingerprint density at radius 2 is 1.79 bits per heavy atom. The smallest absolute Gasteiger partial charge is 0.236 e. The van der Waals surface area contributed by atoms with E-state index in [-0.39, 0.29) is 11.8 Å². The summed E-state index contributed by atoms with van der Waals surface area (Å²) in [6, 6.07) is 18.1. The van der Waals surface area contributed by atoms with Crippen molar-refractivity contribution in [3.63, 3.8) is 0 Å². The van der Waals surface area contributed by atoms with Crippen molar-refractivity contribution in [2.24, 2.45) is 5.41 Å². The van der Waals surface area contributed by atoms with Crippen LogP contribution >= 0.6 is 0 Å². The summed E-state index contributed by atoms with van der Waals surface area (Å²) in [7, 11) is 0. The Labute approximate surface area is 165 Å². The Hall–Kier alpha value is -2.66. The summed E-state index contributed by atoms with van der Waals surface area (Å²) in [5.74, 6) is 0.224. The molecule has 2 saturated heterocycles. The first-order valence-corrected chi connectivity index (χ1v) is 10.1. The van der Waals surface area contributed by atoms with E-state index in [9.17, 15) is 9.59 Å². The molecule has 0 saturated carbocycles. The highest BCUT2D eigenvalue weighted by Crippen LogP contribution is 2.44. The van der Waals surface area contributed by atoms with E-state index in [0.717, 1.165) is 37.1 Å². The number of piperidine rings is 1. The van der Waals surface area contributed by atoms with E-state index in [1.807, 2.05) is 47.4 Å². The molecule has 2 aromatic rings. The predicted octanol–water partition coefficient (Wildman–Crippen LogP) is 2.33. The van der Waals surface area contributed by atoms with Crippen LogP contribution in [0.4, 0.5) is 5.69 Å². The van der Waals surface area contributed by atoms with Crippen LogP contribution in [0.5, 0.6) is 0 Å². The first kappa shape index (κ1) is 17.4. The summed E-state index contributed by atoms with van der Waals surface area (Å²) < 4.78 is 0. The van der Waals surface area contributed by atoms with Gasteiger partial charge in [-0.2, -0.15) is 0 Å². The van der Waals surface area contributed by atoms with Gasteiger partial charge in [-0.15, -0.1) is 0 Å². The fourth-order valence-corrected chi connectivity index (χ4v) is 5.11. The van der Waals surface area contributed by atoms with Crippen LogP contribution in [0.15, 0.2) is 54.6 Å². The van der Waals surface area contributed by atoms with Crippen LogP contribution in [0.1, 0.15) is 24.0 Å². The van der Waals surface area contributed by atoms with Crippen molar-refractivity contribution in [3.05, 3.63) is 65.7 Å². The van der Waals surface area contributed by atoms with E-state index in [2.05, 4.69) is 22.8 Å². The van der Waals surface area contributed by atoms with Gasteiger partial charge >= 0.3 is 0 Å². The topological polar surface area (TPSA) is 61.4 Å². The van der Waals surface area contributed by atoms with E-state index < -0.39 is 10.8 Å². The highest BCUT2D eigenvalue weighted by Gasteiger charge is 2.53. The van der Waals surface area contributed by atoms with Gasteiger partial charge in [0.15, 0.2) is 0 Å². The standard InChI is InChI=1S/C23H25N3O2/c27-20-23(18-9-4-5-10-19(18)25-20)11-6-12-26(16-23)21(28)22(14-24-15-22)13-17-7-2-1-3-8-17/h1-5,7-10,24H,6,11-16H2,(H,25,27). The quantitative estimate of drug-likeness (QED) is 0.866. The lowest BCUT2D eigenvalue weighted by atomic mass is 9.71. The molecule has 3 heterocycles. The highest BCUT2D eigenvalue weighted by molar-refractivity contribution is 6.07. The molecule has 144 valence electrons. The molecule has 5 rings (SSSR count). The molecule has 2 amide bonds. The molecule has 1 spiro atoms. The van der Waals surface area contributed by atoms with Crippen molar-refractivity contribution in [1.82, 2.24) is 10.2 Å². The average Bonchev–Trinajstić information content (AvgIpc) is 2.96. The largest absolute Gasteiger partial charge is 0.341 e. The summed E-state index contributed by atoms with van der Waals surface area (Å²) >= 11 is 0. The third-order valence-corrected chi connectivity index (χ3v) is 6.67. The minimum atomic E-state index is -0.602. The minimum absolute atomic E-state index is 0.0371. The number of likely N-dealkylation sites (tertiary alicyclic amines) is 1. The van der Waals surface area contributed by atoms with Gasteiger partial charge in [-0.25, -0.2) is 0 Å². The first-order valence-electron chi connectivity index (χ1n) is 10.1. The number of rotatable bonds is 3. The van der Waals surface area contributed by atoms with Gasteiger partial charge in [0.25, 0.3) is 0 Å². The van der Waals surface area contributed by atoms with E-state index in [1.165, 1.54) is 5.56 Å². The number of benzene rings is 2. The zero-order valence-corrected chi connectivity index (χ0v) is 15.9. The Balaban J connectivity index is 1.42. The number of carbonyl (C=O) groups excluding carboxylic acids is 2. The van der Waals surface area contributed by atoms with E-state index >= 15 is 0 Å². The third-order valence-electron chi connectivity index (χ3n) is 6.67. The molecule has 28 heavy (non-hydrogen) atoms. The fourth-order valence-electron chi connectivity index (χ4n) is 5.11. The average molecular weight is 375 g/mol. The summed E-state index contributed by atoms with van der Waals surface area (Å²) in [5, 5.41) is 6.34. The van der Waals surface area contributed by atoms with Gasteiger partial charge in [-0.05, 0) is 36.5 Å². The Morgan fingerprint density at radius 1 is 1.04 bits per heavy atom. The number of para-hydroxylation sites is 1. The number of fused-ring (bicyclic) bond motifs is 2. The highest BCUT2D eigenvalue weighted by atomic mass is 16.2.